The molecule has 2 rings (SSSR count). The van der Waals surface area contributed by atoms with E-state index < -0.39 is 21.7 Å². The third-order valence-corrected chi connectivity index (χ3v) is 5.92. The first kappa shape index (κ1) is 15.3. The summed E-state index contributed by atoms with van der Waals surface area (Å²) in [5, 5.41) is 18.5. The summed E-state index contributed by atoms with van der Waals surface area (Å²) in [6.07, 6.45) is 0. The zero-order valence-electron chi connectivity index (χ0n) is 10.9. The number of carboxylic acids is 1. The molecule has 1 heterocycles. The van der Waals surface area contributed by atoms with Gasteiger partial charge in [0.1, 0.15) is 5.75 Å². The highest BCUT2D eigenvalue weighted by molar-refractivity contribution is 7.94. The zero-order chi connectivity index (χ0) is 15.6. The lowest BCUT2D eigenvalue weighted by molar-refractivity contribution is 0.0687. The Labute approximate surface area is 125 Å². The summed E-state index contributed by atoms with van der Waals surface area (Å²) < 4.78 is 25.9. The average Bonchev–Trinajstić information content (AvgIpc) is 2.89. The molecule has 0 aliphatic heterocycles. The van der Waals surface area contributed by atoms with Crippen LogP contribution in [0.4, 0.5) is 5.69 Å². The molecule has 9 heteroatoms. The molecule has 0 unspecified atom stereocenters. The molecule has 0 amide bonds. The van der Waals surface area contributed by atoms with Crippen LogP contribution >= 0.6 is 11.3 Å². The van der Waals surface area contributed by atoms with Gasteiger partial charge in [0, 0.05) is 12.6 Å². The number of hydrogen-bond acceptors (Lipinski definition) is 6. The normalized spacial score (nSPS) is 11.3. The largest absolute Gasteiger partial charge is 0.508 e. The van der Waals surface area contributed by atoms with Crippen molar-refractivity contribution in [3.05, 3.63) is 35.5 Å². The molecule has 1 aromatic heterocycles. The van der Waals surface area contributed by atoms with Crippen LogP contribution in [-0.4, -0.2) is 36.1 Å². The fourth-order valence-corrected chi connectivity index (χ4v) is 4.51. The molecule has 1 aromatic carbocycles. The van der Waals surface area contributed by atoms with Gasteiger partial charge in [-0.15, -0.1) is 11.3 Å². The third kappa shape index (κ3) is 2.83. The van der Waals surface area contributed by atoms with Crippen molar-refractivity contribution < 1.29 is 23.4 Å². The van der Waals surface area contributed by atoms with Crippen molar-refractivity contribution in [2.75, 3.05) is 10.8 Å². The van der Waals surface area contributed by atoms with Gasteiger partial charge in [0.15, 0.2) is 9.90 Å². The van der Waals surface area contributed by atoms with E-state index in [1.165, 1.54) is 29.8 Å². The Morgan fingerprint density at radius 3 is 2.71 bits per heavy atom. The van der Waals surface area contributed by atoms with E-state index in [9.17, 15) is 18.3 Å². The number of sulfonamides is 1. The number of phenolic OH excluding ortho intramolecular Hbond substituents is 1. The maximum atomic E-state index is 12.6. The predicted molar refractivity (Wildman–Crippen MR) is 77.4 cm³/mol. The Morgan fingerprint density at radius 2 is 2.14 bits per heavy atom. The van der Waals surface area contributed by atoms with Crippen molar-refractivity contribution in [1.82, 2.24) is 4.98 Å². The second kappa shape index (κ2) is 5.70. The molecule has 0 aliphatic rings. The molecule has 0 saturated heterocycles. The third-order valence-electron chi connectivity index (χ3n) is 2.67. The summed E-state index contributed by atoms with van der Waals surface area (Å²) in [6, 6.07) is 5.73. The van der Waals surface area contributed by atoms with Gasteiger partial charge in [-0.2, -0.15) is 0 Å². The number of aromatic nitrogens is 1. The summed E-state index contributed by atoms with van der Waals surface area (Å²) in [5.74, 6) is -1.48. The molecular formula is C12H12N2O5S2. The lowest BCUT2D eigenvalue weighted by atomic mass is 10.3. The number of thiazole rings is 1. The van der Waals surface area contributed by atoms with Crippen molar-refractivity contribution in [2.24, 2.45) is 0 Å². The number of anilines is 1. The molecule has 0 aliphatic carbocycles. The summed E-state index contributed by atoms with van der Waals surface area (Å²) >= 11 is 0.743. The zero-order valence-corrected chi connectivity index (χ0v) is 12.6. The number of nitrogens with zero attached hydrogens (tertiary/aromatic N) is 2. The minimum atomic E-state index is -4.06. The first-order valence-electron chi connectivity index (χ1n) is 5.86. The molecule has 0 bridgehead atoms. The maximum absolute atomic E-state index is 12.6. The molecule has 2 aromatic rings. The summed E-state index contributed by atoms with van der Waals surface area (Å²) in [4.78, 5) is 14.6. The van der Waals surface area contributed by atoms with Crippen LogP contribution in [0.5, 0.6) is 5.75 Å². The van der Waals surface area contributed by atoms with Gasteiger partial charge in [-0.1, -0.05) is 6.07 Å². The van der Waals surface area contributed by atoms with Gasteiger partial charge < -0.3 is 10.2 Å². The molecule has 7 nitrogen and oxygen atoms in total. The van der Waals surface area contributed by atoms with Gasteiger partial charge in [0.05, 0.1) is 11.2 Å². The monoisotopic (exact) mass is 328 g/mol. The van der Waals surface area contributed by atoms with E-state index in [2.05, 4.69) is 4.98 Å². The predicted octanol–water partition coefficient (Wildman–Crippen LogP) is 1.76. The number of benzene rings is 1. The molecule has 0 saturated carbocycles. The Bertz CT molecular complexity index is 769. The molecular weight excluding hydrogens is 316 g/mol. The van der Waals surface area contributed by atoms with Gasteiger partial charge in [-0.25, -0.2) is 18.2 Å². The van der Waals surface area contributed by atoms with Gasteiger partial charge >= 0.3 is 5.97 Å². The van der Waals surface area contributed by atoms with Gasteiger partial charge in [-0.05, 0) is 19.1 Å². The summed E-state index contributed by atoms with van der Waals surface area (Å²) in [5.41, 5.74) is 0.924. The van der Waals surface area contributed by atoms with Crippen molar-refractivity contribution >= 4 is 33.0 Å². The molecule has 0 atom stereocenters. The highest BCUT2D eigenvalue weighted by Gasteiger charge is 2.31. The fraction of sp³-hybridized carbons (Fsp3) is 0.167. The van der Waals surface area contributed by atoms with E-state index in [0.29, 0.717) is 0 Å². The van der Waals surface area contributed by atoms with Gasteiger partial charge in [-0.3, -0.25) is 4.31 Å². The fourth-order valence-electron chi connectivity index (χ4n) is 1.80. The summed E-state index contributed by atoms with van der Waals surface area (Å²) in [7, 11) is -4.06. The molecule has 0 spiro atoms. The van der Waals surface area contributed by atoms with E-state index in [1.54, 1.807) is 6.92 Å². The second-order valence-electron chi connectivity index (χ2n) is 3.98. The van der Waals surface area contributed by atoms with Crippen molar-refractivity contribution in [3.8, 4) is 5.75 Å². The Morgan fingerprint density at radius 1 is 1.43 bits per heavy atom. The minimum Gasteiger partial charge on any atom is -0.508 e. The van der Waals surface area contributed by atoms with Crippen LogP contribution in [0.15, 0.2) is 34.0 Å². The van der Waals surface area contributed by atoms with E-state index >= 15 is 0 Å². The number of carboxylic acid groups (broad SMARTS) is 1. The average molecular weight is 328 g/mol. The SMILES string of the molecule is CCN(c1cccc(O)c1)S(=O)(=O)c1scnc1C(=O)O. The van der Waals surface area contributed by atoms with E-state index in [0.717, 1.165) is 15.6 Å². The van der Waals surface area contributed by atoms with Crippen LogP contribution < -0.4 is 4.31 Å². The number of aromatic carboxylic acids is 1. The van der Waals surface area contributed by atoms with Crippen molar-refractivity contribution in [2.45, 2.75) is 11.1 Å². The molecule has 21 heavy (non-hydrogen) atoms. The number of carbonyl (C=O) groups is 1. The first-order chi connectivity index (χ1) is 9.87. The smallest absolute Gasteiger partial charge is 0.356 e. The van der Waals surface area contributed by atoms with Crippen LogP contribution in [0.3, 0.4) is 0 Å². The molecule has 0 fully saturated rings. The van der Waals surface area contributed by atoms with E-state index in [4.69, 9.17) is 5.11 Å². The number of phenols is 1. The van der Waals surface area contributed by atoms with E-state index in [-0.39, 0.29) is 22.2 Å². The van der Waals surface area contributed by atoms with Crippen molar-refractivity contribution in [3.63, 3.8) is 0 Å². The van der Waals surface area contributed by atoms with Crippen LogP contribution in [0, 0.1) is 0 Å². The minimum absolute atomic E-state index is 0.0797. The van der Waals surface area contributed by atoms with Crippen LogP contribution in [0.2, 0.25) is 0 Å². The van der Waals surface area contributed by atoms with Crippen LogP contribution in [0.1, 0.15) is 17.4 Å². The Balaban J connectivity index is 2.55. The highest BCUT2D eigenvalue weighted by atomic mass is 32.2. The molecule has 0 radical (unpaired) electrons. The van der Waals surface area contributed by atoms with Gasteiger partial charge in [0.25, 0.3) is 10.0 Å². The Hall–Kier alpha value is -2.13. The molecule has 112 valence electrons. The first-order valence-corrected chi connectivity index (χ1v) is 8.18. The van der Waals surface area contributed by atoms with E-state index in [1.807, 2.05) is 0 Å². The number of hydrogen-bond donors (Lipinski definition) is 2. The Kier molecular flexibility index (Phi) is 4.14. The quantitative estimate of drug-likeness (QED) is 0.866. The topological polar surface area (TPSA) is 108 Å². The van der Waals surface area contributed by atoms with Crippen molar-refractivity contribution in [1.29, 1.82) is 0 Å². The standard InChI is InChI=1S/C12H12N2O5S2/c1-2-14(8-4-3-5-9(15)6-8)21(18,19)12-10(11(16)17)13-7-20-12/h3-7,15H,2H2,1H3,(H,16,17). The number of rotatable bonds is 5. The molecule has 2 N–H and O–H groups in total. The van der Waals surface area contributed by atoms with Crippen LogP contribution in [-0.2, 0) is 10.0 Å². The highest BCUT2D eigenvalue weighted by Crippen LogP contribution is 2.29. The second-order valence-corrected chi connectivity index (χ2v) is 6.90. The van der Waals surface area contributed by atoms with Gasteiger partial charge in [0.2, 0.25) is 0 Å². The lowest BCUT2D eigenvalue weighted by Gasteiger charge is -2.22. The van der Waals surface area contributed by atoms with Crippen LogP contribution in [0.25, 0.3) is 0 Å². The lowest BCUT2D eigenvalue weighted by Crippen LogP contribution is -2.31. The maximum Gasteiger partial charge on any atom is 0.356 e. The summed E-state index contributed by atoms with van der Waals surface area (Å²) in [6.45, 7) is 1.70. The number of aromatic hydroxyl groups is 1.